The summed E-state index contributed by atoms with van der Waals surface area (Å²) in [5, 5.41) is 0. The van der Waals surface area contributed by atoms with E-state index in [1.165, 1.54) is 6.07 Å². The Kier molecular flexibility index (Phi) is 5.78. The first-order chi connectivity index (χ1) is 10.2. The van der Waals surface area contributed by atoms with E-state index in [0.717, 1.165) is 5.56 Å². The van der Waals surface area contributed by atoms with Gasteiger partial charge >= 0.3 is 5.97 Å². The fourth-order valence-corrected chi connectivity index (χ4v) is 3.56. The molecule has 2 unspecified atom stereocenters. The topological polar surface area (TPSA) is 26.3 Å². The summed E-state index contributed by atoms with van der Waals surface area (Å²) in [6, 6.07) is 4.67. The quantitative estimate of drug-likeness (QED) is 0.444. The monoisotopic (exact) mass is 456 g/mol. The summed E-state index contributed by atoms with van der Waals surface area (Å²) in [4.78, 5) is 12.2. The van der Waals surface area contributed by atoms with E-state index in [1.54, 1.807) is 18.2 Å². The second-order valence-electron chi connectivity index (χ2n) is 6.03. The Labute approximate surface area is 153 Å². The summed E-state index contributed by atoms with van der Waals surface area (Å²) in [5.74, 6) is -0.522. The SMILES string of the molecule is CC1(C)C(C=C(Cl)Cl)CC1C(=O)OCc1ccc(F)c(I)c1. The molecule has 0 aliphatic heterocycles. The molecule has 1 aromatic carbocycles. The first-order valence-corrected chi connectivity index (χ1v) is 8.68. The van der Waals surface area contributed by atoms with E-state index in [2.05, 4.69) is 0 Å². The van der Waals surface area contributed by atoms with Crippen molar-refractivity contribution in [3.8, 4) is 0 Å². The second-order valence-corrected chi connectivity index (χ2v) is 8.20. The minimum absolute atomic E-state index is 0.151. The molecule has 1 aliphatic rings. The number of carbonyl (C=O) groups excluding carboxylic acids is 1. The van der Waals surface area contributed by atoms with E-state index >= 15 is 0 Å². The number of esters is 1. The van der Waals surface area contributed by atoms with Crippen LogP contribution in [0.3, 0.4) is 0 Å². The summed E-state index contributed by atoms with van der Waals surface area (Å²) >= 11 is 13.3. The lowest BCUT2D eigenvalue weighted by Gasteiger charge is -2.49. The van der Waals surface area contributed by atoms with Crippen LogP contribution in [0, 0.1) is 26.6 Å². The summed E-state index contributed by atoms with van der Waals surface area (Å²) in [6.07, 6.45) is 2.45. The van der Waals surface area contributed by atoms with Gasteiger partial charge in [0.1, 0.15) is 16.9 Å². The molecule has 0 amide bonds. The number of hydrogen-bond donors (Lipinski definition) is 0. The molecule has 1 aliphatic carbocycles. The predicted octanol–water partition coefficient (Wildman–Crippen LogP) is 5.45. The Morgan fingerprint density at radius 3 is 2.73 bits per heavy atom. The molecule has 2 nitrogen and oxygen atoms in total. The van der Waals surface area contributed by atoms with Crippen molar-refractivity contribution in [3.63, 3.8) is 0 Å². The minimum atomic E-state index is -0.275. The zero-order valence-electron chi connectivity index (χ0n) is 12.2. The van der Waals surface area contributed by atoms with Crippen molar-refractivity contribution in [1.29, 1.82) is 0 Å². The molecule has 0 saturated heterocycles. The third-order valence-electron chi connectivity index (χ3n) is 4.32. The van der Waals surface area contributed by atoms with Crippen LogP contribution in [-0.4, -0.2) is 5.97 Å². The average molecular weight is 457 g/mol. The summed E-state index contributed by atoms with van der Waals surface area (Å²) in [5.41, 5.74) is 0.542. The van der Waals surface area contributed by atoms with Gasteiger partial charge in [0.05, 0.1) is 5.92 Å². The third-order valence-corrected chi connectivity index (χ3v) is 5.40. The summed E-state index contributed by atoms with van der Waals surface area (Å²) < 4.78 is 19.3. The normalized spacial score (nSPS) is 22.6. The van der Waals surface area contributed by atoms with E-state index in [-0.39, 0.29) is 40.1 Å². The van der Waals surface area contributed by atoms with Crippen LogP contribution in [0.2, 0.25) is 0 Å². The van der Waals surface area contributed by atoms with Crippen molar-refractivity contribution in [2.75, 3.05) is 0 Å². The van der Waals surface area contributed by atoms with Crippen LogP contribution in [0.25, 0.3) is 0 Å². The number of halogens is 4. The Morgan fingerprint density at radius 1 is 1.50 bits per heavy atom. The molecule has 1 fully saturated rings. The van der Waals surface area contributed by atoms with Crippen LogP contribution < -0.4 is 0 Å². The molecular formula is C16H16Cl2FIO2. The van der Waals surface area contributed by atoms with Crippen molar-refractivity contribution in [2.24, 2.45) is 17.3 Å². The molecule has 1 saturated carbocycles. The van der Waals surface area contributed by atoms with E-state index in [4.69, 9.17) is 27.9 Å². The van der Waals surface area contributed by atoms with Gasteiger partial charge in [0.15, 0.2) is 0 Å². The fourth-order valence-electron chi connectivity index (χ4n) is 2.68. The Bertz CT molecular complexity index is 612. The average Bonchev–Trinajstić information content (AvgIpc) is 2.43. The van der Waals surface area contributed by atoms with E-state index in [0.29, 0.717) is 9.99 Å². The first-order valence-electron chi connectivity index (χ1n) is 6.85. The van der Waals surface area contributed by atoms with Crippen molar-refractivity contribution < 1.29 is 13.9 Å². The molecular weight excluding hydrogens is 441 g/mol. The van der Waals surface area contributed by atoms with Gasteiger partial charge in [-0.05, 0) is 58.0 Å². The highest BCUT2D eigenvalue weighted by Crippen LogP contribution is 2.53. The van der Waals surface area contributed by atoms with Crippen LogP contribution in [0.5, 0.6) is 0 Å². The van der Waals surface area contributed by atoms with Crippen LogP contribution >= 0.6 is 45.8 Å². The van der Waals surface area contributed by atoms with Crippen molar-refractivity contribution >= 4 is 51.8 Å². The highest BCUT2D eigenvalue weighted by Gasteiger charge is 2.51. The van der Waals surface area contributed by atoms with Crippen molar-refractivity contribution in [1.82, 2.24) is 0 Å². The van der Waals surface area contributed by atoms with Crippen LogP contribution in [0.4, 0.5) is 4.39 Å². The Hall–Kier alpha value is -0.330. The second kappa shape index (κ2) is 7.05. The fraction of sp³-hybridized carbons (Fsp3) is 0.438. The van der Waals surface area contributed by atoms with Gasteiger partial charge in [0.2, 0.25) is 0 Å². The Morgan fingerprint density at radius 2 is 2.18 bits per heavy atom. The number of allylic oxidation sites excluding steroid dienone is 1. The number of ether oxygens (including phenoxy) is 1. The van der Waals surface area contributed by atoms with Crippen LogP contribution in [-0.2, 0) is 16.1 Å². The molecule has 22 heavy (non-hydrogen) atoms. The number of carbonyl (C=O) groups is 1. The number of hydrogen-bond acceptors (Lipinski definition) is 2. The standard InChI is InChI=1S/C16H16Cl2FIO2/c1-16(2)10(7-14(17)18)6-11(16)15(21)22-8-9-3-4-12(19)13(20)5-9/h3-5,7,10-11H,6,8H2,1-2H3. The zero-order valence-corrected chi connectivity index (χ0v) is 15.9. The molecule has 6 heteroatoms. The lowest BCUT2D eigenvalue weighted by Crippen LogP contribution is -2.48. The van der Waals surface area contributed by atoms with Gasteiger partial charge < -0.3 is 4.74 Å². The summed E-state index contributed by atoms with van der Waals surface area (Å²) in [6.45, 7) is 4.15. The highest BCUT2D eigenvalue weighted by molar-refractivity contribution is 14.1. The minimum Gasteiger partial charge on any atom is -0.461 e. The van der Waals surface area contributed by atoms with Gasteiger partial charge in [-0.3, -0.25) is 4.79 Å². The maximum absolute atomic E-state index is 13.2. The lowest BCUT2D eigenvalue weighted by molar-refractivity contribution is -0.164. The highest BCUT2D eigenvalue weighted by atomic mass is 127. The molecule has 0 radical (unpaired) electrons. The molecule has 120 valence electrons. The number of rotatable bonds is 4. The molecule has 1 aromatic rings. The van der Waals surface area contributed by atoms with E-state index < -0.39 is 0 Å². The maximum atomic E-state index is 13.2. The zero-order chi connectivity index (χ0) is 16.5. The Balaban J connectivity index is 1.93. The molecule has 2 atom stereocenters. The molecule has 0 heterocycles. The molecule has 0 N–H and O–H groups in total. The van der Waals surface area contributed by atoms with Gasteiger partial charge in [0, 0.05) is 3.57 Å². The molecule has 0 bridgehead atoms. The van der Waals surface area contributed by atoms with Gasteiger partial charge in [0.25, 0.3) is 0 Å². The van der Waals surface area contributed by atoms with Crippen LogP contribution in [0.15, 0.2) is 28.8 Å². The predicted molar refractivity (Wildman–Crippen MR) is 94.1 cm³/mol. The number of benzene rings is 1. The largest absolute Gasteiger partial charge is 0.461 e. The molecule has 2 rings (SSSR count). The van der Waals surface area contributed by atoms with Crippen LogP contribution in [0.1, 0.15) is 25.8 Å². The maximum Gasteiger partial charge on any atom is 0.309 e. The van der Waals surface area contributed by atoms with E-state index in [9.17, 15) is 9.18 Å². The third kappa shape index (κ3) is 3.95. The van der Waals surface area contributed by atoms with Gasteiger partial charge in [-0.15, -0.1) is 0 Å². The summed E-state index contributed by atoms with van der Waals surface area (Å²) in [7, 11) is 0. The smallest absolute Gasteiger partial charge is 0.309 e. The van der Waals surface area contributed by atoms with Crippen molar-refractivity contribution in [2.45, 2.75) is 26.9 Å². The lowest BCUT2D eigenvalue weighted by atomic mass is 9.55. The van der Waals surface area contributed by atoms with Crippen molar-refractivity contribution in [3.05, 3.63) is 43.7 Å². The van der Waals surface area contributed by atoms with Gasteiger partial charge in [-0.25, -0.2) is 4.39 Å². The molecule has 0 spiro atoms. The van der Waals surface area contributed by atoms with Gasteiger partial charge in [-0.2, -0.15) is 0 Å². The van der Waals surface area contributed by atoms with Gasteiger partial charge in [-0.1, -0.05) is 49.2 Å². The van der Waals surface area contributed by atoms with E-state index in [1.807, 2.05) is 36.4 Å². The molecule has 0 aromatic heterocycles. The first kappa shape index (κ1) is 18.0.